The van der Waals surface area contributed by atoms with Crippen LogP contribution in [-0.2, 0) is 9.59 Å². The molecule has 1 aromatic carbocycles. The van der Waals surface area contributed by atoms with Crippen LogP contribution in [0.5, 0.6) is 0 Å². The number of carbonyl (C=O) groups excluding carboxylic acids is 3. The molecule has 0 bridgehead atoms. The summed E-state index contributed by atoms with van der Waals surface area (Å²) in [6.45, 7) is 1.78. The third kappa shape index (κ3) is 3.04. The first-order chi connectivity index (χ1) is 10.0. The Hall–Kier alpha value is -2.79. The molecule has 1 heterocycles. The fourth-order valence-electron chi connectivity index (χ4n) is 2.12. The second kappa shape index (κ2) is 6.11. The highest BCUT2D eigenvalue weighted by molar-refractivity contribution is 6.31. The van der Waals surface area contributed by atoms with Crippen LogP contribution in [0.3, 0.4) is 0 Å². The molecule has 7 heteroatoms. The van der Waals surface area contributed by atoms with Crippen LogP contribution < -0.4 is 5.32 Å². The zero-order chi connectivity index (χ0) is 15.4. The third-order valence-corrected chi connectivity index (χ3v) is 3.32. The van der Waals surface area contributed by atoms with E-state index in [0.717, 1.165) is 10.5 Å². The lowest BCUT2D eigenvalue weighted by atomic mass is 9.98. The van der Waals surface area contributed by atoms with E-state index in [0.29, 0.717) is 6.21 Å². The number of rotatable bonds is 4. The number of hydrogen-bond donors (Lipinski definition) is 1. The molecule has 1 saturated heterocycles. The van der Waals surface area contributed by atoms with E-state index in [9.17, 15) is 14.4 Å². The number of nitrogens with zero attached hydrogens (tertiary/aromatic N) is 3. The van der Waals surface area contributed by atoms with Crippen molar-refractivity contribution in [2.75, 3.05) is 0 Å². The maximum atomic E-state index is 12.1. The van der Waals surface area contributed by atoms with E-state index < -0.39 is 23.8 Å². The average Bonchev–Trinajstić information content (AvgIpc) is 2.45. The first-order valence-corrected chi connectivity index (χ1v) is 6.43. The van der Waals surface area contributed by atoms with Gasteiger partial charge in [-0.05, 0) is 12.5 Å². The van der Waals surface area contributed by atoms with Crippen molar-refractivity contribution in [3.63, 3.8) is 0 Å². The van der Waals surface area contributed by atoms with E-state index in [1.54, 1.807) is 6.92 Å². The molecule has 2 atom stereocenters. The summed E-state index contributed by atoms with van der Waals surface area (Å²) >= 11 is 0. The Kier molecular flexibility index (Phi) is 4.25. The first-order valence-electron chi connectivity index (χ1n) is 6.43. The summed E-state index contributed by atoms with van der Waals surface area (Å²) in [5.41, 5.74) is 9.22. The van der Waals surface area contributed by atoms with Gasteiger partial charge in [0.2, 0.25) is 5.91 Å². The molecule has 0 aromatic heterocycles. The van der Waals surface area contributed by atoms with Gasteiger partial charge in [0.15, 0.2) is 0 Å². The Balaban J connectivity index is 2.04. The molecular formula is C14H14N4O3. The number of β-lactam (4-membered cyclic amide) rings is 1. The van der Waals surface area contributed by atoms with Crippen LogP contribution in [-0.4, -0.2) is 39.7 Å². The summed E-state index contributed by atoms with van der Waals surface area (Å²) in [6, 6.07) is 7.43. The van der Waals surface area contributed by atoms with E-state index in [4.69, 9.17) is 5.53 Å². The normalized spacial score (nSPS) is 18.2. The van der Waals surface area contributed by atoms with Gasteiger partial charge in [0.25, 0.3) is 5.78 Å². The smallest absolute Gasteiger partial charge is 0.325 e. The van der Waals surface area contributed by atoms with Crippen LogP contribution in [0.1, 0.15) is 24.9 Å². The molecule has 0 spiro atoms. The number of imide groups is 1. The molecule has 1 N–H and O–H groups in total. The summed E-state index contributed by atoms with van der Waals surface area (Å²) < 4.78 is 0. The molecule has 1 aromatic rings. The topological polar surface area (TPSA) is 103 Å². The Labute approximate surface area is 121 Å². The Morgan fingerprint density at radius 2 is 2.10 bits per heavy atom. The average molecular weight is 286 g/mol. The van der Waals surface area contributed by atoms with Crippen molar-refractivity contribution in [1.29, 1.82) is 0 Å². The molecule has 21 heavy (non-hydrogen) atoms. The quantitative estimate of drug-likeness (QED) is 0.385. The van der Waals surface area contributed by atoms with E-state index in [1.165, 1.54) is 0 Å². The molecule has 0 radical (unpaired) electrons. The van der Waals surface area contributed by atoms with Crippen molar-refractivity contribution in [3.05, 3.63) is 41.4 Å². The summed E-state index contributed by atoms with van der Waals surface area (Å²) in [7, 11) is 0. The van der Waals surface area contributed by atoms with Gasteiger partial charge in [-0.1, -0.05) is 30.3 Å². The second-order valence-electron chi connectivity index (χ2n) is 4.71. The van der Waals surface area contributed by atoms with Crippen molar-refractivity contribution < 1.29 is 19.2 Å². The molecule has 0 aliphatic carbocycles. The highest BCUT2D eigenvalue weighted by atomic mass is 16.2. The highest BCUT2D eigenvalue weighted by Gasteiger charge is 2.46. The summed E-state index contributed by atoms with van der Waals surface area (Å²) in [6.07, 6.45) is 0.635. The predicted octanol–water partition coefficient (Wildman–Crippen LogP) is 0.928. The molecule has 2 rings (SSSR count). The standard InChI is InChI=1S/C14H14N4O3/c1-9(10-5-3-2-4-6-10)17-14(21)18-11(7-13(18)20)12(19)8-16-15/h2-6,8-9,11H,7H2,1H3,(H,17,21)/t9-,11+/m1/s1. The molecule has 3 amide bonds. The number of ketones is 1. The van der Waals surface area contributed by atoms with Crippen molar-refractivity contribution in [2.24, 2.45) is 0 Å². The fraction of sp³-hybridized carbons (Fsp3) is 0.286. The molecule has 1 fully saturated rings. The van der Waals surface area contributed by atoms with Crippen molar-refractivity contribution >= 4 is 23.9 Å². The predicted molar refractivity (Wildman–Crippen MR) is 73.3 cm³/mol. The molecular weight excluding hydrogens is 272 g/mol. The maximum absolute atomic E-state index is 12.1. The number of urea groups is 1. The van der Waals surface area contributed by atoms with Crippen LogP contribution in [0.25, 0.3) is 5.53 Å². The van der Waals surface area contributed by atoms with Crippen LogP contribution in [0.4, 0.5) is 4.79 Å². The lowest BCUT2D eigenvalue weighted by Crippen LogP contribution is -2.62. The SMILES string of the molecule is C[C@@H](NC(=O)N1C(=O)C[C@H]1C(=O)C=[N+]=[N-])c1ccccc1. The minimum Gasteiger partial charge on any atom is -0.361 e. The molecule has 7 nitrogen and oxygen atoms in total. The van der Waals surface area contributed by atoms with Gasteiger partial charge in [-0.2, -0.15) is 4.79 Å². The van der Waals surface area contributed by atoms with Gasteiger partial charge in [-0.15, -0.1) is 0 Å². The van der Waals surface area contributed by atoms with Gasteiger partial charge in [-0.25, -0.2) is 4.79 Å². The summed E-state index contributed by atoms with van der Waals surface area (Å²) in [5, 5.41) is 2.66. The monoisotopic (exact) mass is 286 g/mol. The largest absolute Gasteiger partial charge is 0.361 e. The first kappa shape index (κ1) is 14.6. The van der Waals surface area contributed by atoms with E-state index >= 15 is 0 Å². The van der Waals surface area contributed by atoms with Crippen molar-refractivity contribution in [1.82, 2.24) is 10.2 Å². The Bertz CT molecular complexity index is 622. The van der Waals surface area contributed by atoms with Gasteiger partial charge >= 0.3 is 12.2 Å². The Morgan fingerprint density at radius 3 is 2.67 bits per heavy atom. The van der Waals surface area contributed by atoms with Gasteiger partial charge in [0.1, 0.15) is 6.04 Å². The number of nitrogens with one attached hydrogen (secondary N) is 1. The lowest BCUT2D eigenvalue weighted by molar-refractivity contribution is -0.146. The number of carbonyl (C=O) groups is 3. The maximum Gasteiger partial charge on any atom is 0.325 e. The number of Topliss-reactive ketones (excluding diaryl/α,β-unsaturated/α-hetero) is 1. The van der Waals surface area contributed by atoms with Gasteiger partial charge < -0.3 is 10.8 Å². The number of hydrogen-bond acceptors (Lipinski definition) is 3. The number of likely N-dealkylation sites (tertiary alicyclic amines) is 1. The molecule has 1 aliphatic heterocycles. The van der Waals surface area contributed by atoms with Gasteiger partial charge in [-0.3, -0.25) is 14.5 Å². The Morgan fingerprint density at radius 1 is 1.43 bits per heavy atom. The molecule has 0 unspecified atom stereocenters. The fourth-order valence-corrected chi connectivity index (χ4v) is 2.12. The van der Waals surface area contributed by atoms with Crippen LogP contribution in [0, 0.1) is 0 Å². The molecule has 1 aliphatic rings. The van der Waals surface area contributed by atoms with Crippen LogP contribution in [0.15, 0.2) is 30.3 Å². The van der Waals surface area contributed by atoms with Crippen molar-refractivity contribution in [3.8, 4) is 0 Å². The molecule has 108 valence electrons. The minimum absolute atomic E-state index is 0.0575. The number of benzene rings is 1. The van der Waals surface area contributed by atoms with Gasteiger partial charge in [0, 0.05) is 0 Å². The van der Waals surface area contributed by atoms with E-state index in [2.05, 4.69) is 10.1 Å². The third-order valence-electron chi connectivity index (χ3n) is 3.32. The zero-order valence-corrected chi connectivity index (χ0v) is 11.4. The summed E-state index contributed by atoms with van der Waals surface area (Å²) in [4.78, 5) is 38.6. The summed E-state index contributed by atoms with van der Waals surface area (Å²) in [5.74, 6) is -1.02. The molecule has 0 saturated carbocycles. The minimum atomic E-state index is -0.892. The van der Waals surface area contributed by atoms with Crippen molar-refractivity contribution in [2.45, 2.75) is 25.4 Å². The number of amides is 3. The van der Waals surface area contributed by atoms with Crippen LogP contribution >= 0.6 is 0 Å². The highest BCUT2D eigenvalue weighted by Crippen LogP contribution is 2.21. The van der Waals surface area contributed by atoms with Gasteiger partial charge in [0.05, 0.1) is 12.5 Å². The van der Waals surface area contributed by atoms with Crippen LogP contribution in [0.2, 0.25) is 0 Å². The lowest BCUT2D eigenvalue weighted by Gasteiger charge is -2.36. The zero-order valence-electron chi connectivity index (χ0n) is 11.4. The van der Waals surface area contributed by atoms with E-state index in [1.807, 2.05) is 30.3 Å². The van der Waals surface area contributed by atoms with E-state index in [-0.39, 0.29) is 12.5 Å². The second-order valence-corrected chi connectivity index (χ2v) is 4.71.